The molecule has 0 unspecified atom stereocenters. The van der Waals surface area contributed by atoms with E-state index >= 15 is 0 Å². The fraction of sp³-hybridized carbons (Fsp3) is 0.286. The summed E-state index contributed by atoms with van der Waals surface area (Å²) in [6.45, 7) is 1.84. The molecule has 6 heteroatoms. The minimum absolute atomic E-state index is 0.312. The van der Waals surface area contributed by atoms with E-state index in [0.717, 1.165) is 11.3 Å². The van der Waals surface area contributed by atoms with Crippen molar-refractivity contribution in [3.05, 3.63) is 35.0 Å². The summed E-state index contributed by atoms with van der Waals surface area (Å²) in [5, 5.41) is 11.9. The minimum Gasteiger partial charge on any atom is -0.480 e. The topological polar surface area (TPSA) is 66.4 Å². The molecule has 0 bridgehead atoms. The van der Waals surface area contributed by atoms with Gasteiger partial charge in [-0.3, -0.25) is 4.79 Å². The minimum atomic E-state index is -1.06. The van der Waals surface area contributed by atoms with Gasteiger partial charge in [0.25, 0.3) is 5.91 Å². The van der Waals surface area contributed by atoms with E-state index in [0.29, 0.717) is 27.8 Å². The molecule has 106 valence electrons. The molecule has 0 aliphatic carbocycles. The van der Waals surface area contributed by atoms with E-state index in [9.17, 15) is 14.0 Å². The summed E-state index contributed by atoms with van der Waals surface area (Å²) < 4.78 is 14.2. The molecule has 1 amide bonds. The smallest absolute Gasteiger partial charge is 0.326 e. The molecule has 1 heterocycles. The number of thiophene rings is 1. The van der Waals surface area contributed by atoms with Gasteiger partial charge in [-0.1, -0.05) is 19.4 Å². The molecule has 0 saturated carbocycles. The van der Waals surface area contributed by atoms with Crippen molar-refractivity contribution in [2.24, 2.45) is 0 Å². The molecule has 0 aliphatic heterocycles. The Hall–Kier alpha value is -1.95. The van der Waals surface area contributed by atoms with E-state index in [1.807, 2.05) is 6.92 Å². The van der Waals surface area contributed by atoms with Gasteiger partial charge in [0, 0.05) is 10.1 Å². The second-order valence-corrected chi connectivity index (χ2v) is 5.50. The molecule has 1 aromatic heterocycles. The molecule has 0 fully saturated rings. The molecule has 4 nitrogen and oxygen atoms in total. The first-order valence-corrected chi connectivity index (χ1v) is 7.06. The maximum Gasteiger partial charge on any atom is 0.326 e. The van der Waals surface area contributed by atoms with Crippen LogP contribution in [0.25, 0.3) is 10.1 Å². The van der Waals surface area contributed by atoms with Crippen molar-refractivity contribution in [2.45, 2.75) is 25.8 Å². The highest BCUT2D eigenvalue weighted by atomic mass is 32.1. The number of halogens is 1. The van der Waals surface area contributed by atoms with Crippen LogP contribution in [0.2, 0.25) is 0 Å². The summed E-state index contributed by atoms with van der Waals surface area (Å²) in [4.78, 5) is 23.4. The van der Waals surface area contributed by atoms with E-state index in [1.165, 1.54) is 12.1 Å². The van der Waals surface area contributed by atoms with E-state index < -0.39 is 17.9 Å². The average Bonchev–Trinajstić information content (AvgIpc) is 2.83. The van der Waals surface area contributed by atoms with Crippen LogP contribution in [0.4, 0.5) is 4.39 Å². The van der Waals surface area contributed by atoms with Crippen molar-refractivity contribution in [2.75, 3.05) is 0 Å². The van der Waals surface area contributed by atoms with Crippen LogP contribution in [0.15, 0.2) is 24.3 Å². The van der Waals surface area contributed by atoms with Crippen LogP contribution < -0.4 is 5.32 Å². The first kappa shape index (κ1) is 14.5. The quantitative estimate of drug-likeness (QED) is 0.891. The predicted octanol–water partition coefficient (Wildman–Crippen LogP) is 3.02. The van der Waals surface area contributed by atoms with Gasteiger partial charge in [-0.15, -0.1) is 11.3 Å². The van der Waals surface area contributed by atoms with Gasteiger partial charge in [-0.2, -0.15) is 0 Å². The zero-order valence-corrected chi connectivity index (χ0v) is 11.7. The number of carbonyl (C=O) groups excluding carboxylic acids is 1. The standard InChI is InChI=1S/C14H14FNO3S/c1-2-4-10(14(18)19)16-13(17)12-7-8-9(15)5-3-6-11(8)20-12/h3,5-7,10H,2,4H2,1H3,(H,16,17)(H,18,19)/t10-/m1/s1. The van der Waals surface area contributed by atoms with Crippen LogP contribution in [0.5, 0.6) is 0 Å². The molecule has 0 saturated heterocycles. The van der Waals surface area contributed by atoms with Gasteiger partial charge in [-0.25, -0.2) is 9.18 Å². The number of aliphatic carboxylic acids is 1. The predicted molar refractivity (Wildman–Crippen MR) is 75.6 cm³/mol. The summed E-state index contributed by atoms with van der Waals surface area (Å²) in [6.07, 6.45) is 1.01. The van der Waals surface area contributed by atoms with Crippen molar-refractivity contribution in [1.82, 2.24) is 5.32 Å². The van der Waals surface area contributed by atoms with Gasteiger partial charge in [0.05, 0.1) is 4.88 Å². The molecule has 2 aromatic rings. The number of carbonyl (C=O) groups is 2. The molecule has 2 rings (SSSR count). The lowest BCUT2D eigenvalue weighted by atomic mass is 10.1. The van der Waals surface area contributed by atoms with Crippen molar-refractivity contribution < 1.29 is 19.1 Å². The molecule has 0 aliphatic rings. The molecule has 1 atom stereocenters. The lowest BCUT2D eigenvalue weighted by molar-refractivity contribution is -0.139. The Morgan fingerprint density at radius 3 is 2.80 bits per heavy atom. The fourth-order valence-electron chi connectivity index (χ4n) is 1.91. The number of amides is 1. The Labute approximate surface area is 119 Å². The third-order valence-corrected chi connectivity index (χ3v) is 4.01. The summed E-state index contributed by atoms with van der Waals surface area (Å²) in [5.74, 6) is -1.93. The van der Waals surface area contributed by atoms with Crippen molar-refractivity contribution in [1.29, 1.82) is 0 Å². The van der Waals surface area contributed by atoms with Gasteiger partial charge in [-0.05, 0) is 24.6 Å². The third kappa shape index (κ3) is 2.96. The highest BCUT2D eigenvalue weighted by Gasteiger charge is 2.21. The van der Waals surface area contributed by atoms with Gasteiger partial charge < -0.3 is 10.4 Å². The fourth-order valence-corrected chi connectivity index (χ4v) is 2.89. The maximum atomic E-state index is 13.6. The zero-order valence-electron chi connectivity index (χ0n) is 10.9. The largest absolute Gasteiger partial charge is 0.480 e. The second-order valence-electron chi connectivity index (χ2n) is 4.42. The SMILES string of the molecule is CCC[C@@H](NC(=O)c1cc2c(F)cccc2s1)C(=O)O. The molecule has 0 spiro atoms. The van der Waals surface area contributed by atoms with Gasteiger partial charge in [0.15, 0.2) is 0 Å². The van der Waals surface area contributed by atoms with Crippen LogP contribution >= 0.6 is 11.3 Å². The van der Waals surface area contributed by atoms with Crippen molar-refractivity contribution in [3.63, 3.8) is 0 Å². The second kappa shape index (κ2) is 6.00. The van der Waals surface area contributed by atoms with Gasteiger partial charge in [0.2, 0.25) is 0 Å². The summed E-state index contributed by atoms with van der Waals surface area (Å²) >= 11 is 1.15. The third-order valence-electron chi connectivity index (χ3n) is 2.91. The lowest BCUT2D eigenvalue weighted by Crippen LogP contribution is -2.40. The Morgan fingerprint density at radius 1 is 1.45 bits per heavy atom. The van der Waals surface area contributed by atoms with E-state index in [4.69, 9.17) is 5.11 Å². The van der Waals surface area contributed by atoms with Crippen LogP contribution in [-0.2, 0) is 4.79 Å². The lowest BCUT2D eigenvalue weighted by Gasteiger charge is -2.12. The van der Waals surface area contributed by atoms with Gasteiger partial charge >= 0.3 is 5.97 Å². The summed E-state index contributed by atoms with van der Waals surface area (Å²) in [6, 6.07) is 5.17. The monoisotopic (exact) mass is 295 g/mol. The van der Waals surface area contributed by atoms with Crippen LogP contribution in [0.1, 0.15) is 29.4 Å². The maximum absolute atomic E-state index is 13.6. The number of carboxylic acid groups (broad SMARTS) is 1. The van der Waals surface area contributed by atoms with Crippen molar-refractivity contribution in [3.8, 4) is 0 Å². The Balaban J connectivity index is 2.22. The number of rotatable bonds is 5. The molecule has 0 radical (unpaired) electrons. The normalized spacial score (nSPS) is 12.3. The van der Waals surface area contributed by atoms with E-state index in [2.05, 4.69) is 5.32 Å². The molecule has 1 aromatic carbocycles. The van der Waals surface area contributed by atoms with Crippen molar-refractivity contribution >= 4 is 33.3 Å². The molecule has 2 N–H and O–H groups in total. The number of carboxylic acids is 1. The van der Waals surface area contributed by atoms with Crippen LogP contribution in [0, 0.1) is 5.82 Å². The highest BCUT2D eigenvalue weighted by Crippen LogP contribution is 2.27. The number of fused-ring (bicyclic) bond motifs is 1. The van der Waals surface area contributed by atoms with Gasteiger partial charge in [0.1, 0.15) is 11.9 Å². The van der Waals surface area contributed by atoms with E-state index in [1.54, 1.807) is 12.1 Å². The Kier molecular flexibility index (Phi) is 4.34. The number of benzene rings is 1. The van der Waals surface area contributed by atoms with Crippen LogP contribution in [-0.4, -0.2) is 23.0 Å². The number of nitrogens with one attached hydrogen (secondary N) is 1. The number of hydrogen-bond acceptors (Lipinski definition) is 3. The molecule has 20 heavy (non-hydrogen) atoms. The average molecular weight is 295 g/mol. The highest BCUT2D eigenvalue weighted by molar-refractivity contribution is 7.20. The Morgan fingerprint density at radius 2 is 2.20 bits per heavy atom. The first-order valence-electron chi connectivity index (χ1n) is 6.24. The molecular formula is C14H14FNO3S. The Bertz CT molecular complexity index is 653. The summed E-state index contributed by atoms with van der Waals surface area (Å²) in [5.41, 5.74) is 0. The zero-order chi connectivity index (χ0) is 14.7. The van der Waals surface area contributed by atoms with Crippen LogP contribution in [0.3, 0.4) is 0 Å². The summed E-state index contributed by atoms with van der Waals surface area (Å²) in [7, 11) is 0. The molecular weight excluding hydrogens is 281 g/mol. The first-order chi connectivity index (χ1) is 9.52. The number of hydrogen-bond donors (Lipinski definition) is 2. The van der Waals surface area contributed by atoms with E-state index in [-0.39, 0.29) is 5.82 Å².